The molecule has 186 valence electrons. The van der Waals surface area contributed by atoms with Gasteiger partial charge in [0.2, 0.25) is 5.91 Å². The summed E-state index contributed by atoms with van der Waals surface area (Å²) in [5.74, 6) is -1.18. The molecule has 0 bridgehead atoms. The van der Waals surface area contributed by atoms with Crippen LogP contribution in [0.5, 0.6) is 0 Å². The lowest BCUT2D eigenvalue weighted by Gasteiger charge is -2.31. The van der Waals surface area contributed by atoms with Crippen molar-refractivity contribution in [2.45, 2.75) is 44.9 Å². The third kappa shape index (κ3) is 6.02. The molecule has 7 heteroatoms. The van der Waals surface area contributed by atoms with Crippen molar-refractivity contribution in [3.05, 3.63) is 59.7 Å². The number of nitrogens with one attached hydrogen (secondary N) is 2. The van der Waals surface area contributed by atoms with Gasteiger partial charge in [-0.25, -0.2) is 4.79 Å². The van der Waals surface area contributed by atoms with Crippen LogP contribution in [0.3, 0.4) is 0 Å². The molecular formula is C28H34N2O5. The van der Waals surface area contributed by atoms with E-state index < -0.39 is 12.1 Å². The Balaban J connectivity index is 1.28. The van der Waals surface area contributed by atoms with Crippen LogP contribution < -0.4 is 10.6 Å². The second kappa shape index (κ2) is 11.4. The van der Waals surface area contributed by atoms with E-state index in [-0.39, 0.29) is 42.6 Å². The van der Waals surface area contributed by atoms with Crippen LogP contribution >= 0.6 is 0 Å². The molecule has 0 aromatic heterocycles. The number of amides is 2. The number of ether oxygens (including phenoxy) is 1. The summed E-state index contributed by atoms with van der Waals surface area (Å²) in [4.78, 5) is 36.2. The number of hydrogen-bond acceptors (Lipinski definition) is 4. The molecule has 2 aliphatic rings. The van der Waals surface area contributed by atoms with Gasteiger partial charge in [-0.1, -0.05) is 68.3 Å². The fourth-order valence-electron chi connectivity index (χ4n) is 5.44. The largest absolute Gasteiger partial charge is 0.481 e. The van der Waals surface area contributed by atoms with Crippen LogP contribution in [0.1, 0.15) is 56.1 Å². The molecule has 3 N–H and O–H groups in total. The highest BCUT2D eigenvalue weighted by atomic mass is 16.5. The van der Waals surface area contributed by atoms with Gasteiger partial charge >= 0.3 is 12.1 Å². The quantitative estimate of drug-likeness (QED) is 0.490. The Morgan fingerprint density at radius 1 is 0.971 bits per heavy atom. The summed E-state index contributed by atoms with van der Waals surface area (Å²) in [5.41, 5.74) is 4.71. The standard InChI is InChI=1S/C28H34N2O5/c1-18(14-26(31)32)15-29-27(33)20-9-3-2-8-19(20)16-30-28(34)35-17-25-23-12-6-4-10-21(23)22-11-5-7-13-24(22)25/h4-7,10-13,18-20,25H,2-3,8-9,14-17H2,1H3,(H,29,33)(H,30,34)(H,31,32)/t18?,19-,20-/m1/s1. The molecule has 4 rings (SSSR count). The molecule has 0 radical (unpaired) electrons. The highest BCUT2D eigenvalue weighted by Crippen LogP contribution is 2.44. The molecule has 2 aromatic carbocycles. The van der Waals surface area contributed by atoms with Gasteiger partial charge in [0.15, 0.2) is 0 Å². The smallest absolute Gasteiger partial charge is 0.407 e. The van der Waals surface area contributed by atoms with Gasteiger partial charge in [0, 0.05) is 31.3 Å². The van der Waals surface area contributed by atoms with Crippen molar-refractivity contribution in [3.8, 4) is 11.1 Å². The zero-order valence-corrected chi connectivity index (χ0v) is 20.2. The highest BCUT2D eigenvalue weighted by Gasteiger charge is 2.32. The van der Waals surface area contributed by atoms with Gasteiger partial charge in [-0.15, -0.1) is 0 Å². The van der Waals surface area contributed by atoms with Gasteiger partial charge in [-0.2, -0.15) is 0 Å². The number of benzene rings is 2. The van der Waals surface area contributed by atoms with Crippen molar-refractivity contribution in [2.24, 2.45) is 17.8 Å². The maximum absolute atomic E-state index is 12.8. The van der Waals surface area contributed by atoms with Crippen molar-refractivity contribution in [3.63, 3.8) is 0 Å². The fourth-order valence-corrected chi connectivity index (χ4v) is 5.44. The van der Waals surface area contributed by atoms with Gasteiger partial charge in [-0.05, 0) is 46.9 Å². The molecule has 0 heterocycles. The number of aliphatic carboxylic acids is 1. The van der Waals surface area contributed by atoms with E-state index in [1.807, 2.05) is 31.2 Å². The van der Waals surface area contributed by atoms with Crippen LogP contribution in [0.4, 0.5) is 4.79 Å². The van der Waals surface area contributed by atoms with E-state index in [0.717, 1.165) is 25.7 Å². The van der Waals surface area contributed by atoms with Gasteiger partial charge in [0.25, 0.3) is 0 Å². The number of carbonyl (C=O) groups excluding carboxylic acids is 2. The third-order valence-corrected chi connectivity index (χ3v) is 7.25. The summed E-state index contributed by atoms with van der Waals surface area (Å²) in [7, 11) is 0. The molecule has 0 aliphatic heterocycles. The SMILES string of the molecule is CC(CNC(=O)[C@@H]1CCCC[C@@H]1CNC(=O)OCC1c2ccccc2-c2ccccc21)CC(=O)O. The number of carbonyl (C=O) groups is 3. The topological polar surface area (TPSA) is 105 Å². The van der Waals surface area contributed by atoms with E-state index in [2.05, 4.69) is 34.9 Å². The Bertz CT molecular complexity index is 1020. The lowest BCUT2D eigenvalue weighted by atomic mass is 9.78. The zero-order chi connectivity index (χ0) is 24.8. The summed E-state index contributed by atoms with van der Waals surface area (Å²) in [5, 5.41) is 14.7. The average molecular weight is 479 g/mol. The van der Waals surface area contributed by atoms with Crippen molar-refractivity contribution >= 4 is 18.0 Å². The van der Waals surface area contributed by atoms with Gasteiger partial charge in [0.05, 0.1) is 0 Å². The molecule has 1 unspecified atom stereocenters. The first-order valence-corrected chi connectivity index (χ1v) is 12.5. The van der Waals surface area contributed by atoms with E-state index in [1.165, 1.54) is 22.3 Å². The minimum Gasteiger partial charge on any atom is -0.481 e. The third-order valence-electron chi connectivity index (χ3n) is 7.25. The summed E-state index contributed by atoms with van der Waals surface area (Å²) >= 11 is 0. The highest BCUT2D eigenvalue weighted by molar-refractivity contribution is 5.80. The van der Waals surface area contributed by atoms with E-state index in [9.17, 15) is 14.4 Å². The number of hydrogen-bond donors (Lipinski definition) is 3. The predicted molar refractivity (Wildman–Crippen MR) is 133 cm³/mol. The normalized spacial score (nSPS) is 19.8. The Kier molecular flexibility index (Phi) is 8.06. The van der Waals surface area contributed by atoms with Crippen molar-refractivity contribution in [1.82, 2.24) is 10.6 Å². The zero-order valence-electron chi connectivity index (χ0n) is 20.2. The first-order valence-electron chi connectivity index (χ1n) is 12.5. The van der Waals surface area contributed by atoms with Gasteiger partial charge in [-0.3, -0.25) is 9.59 Å². The lowest BCUT2D eigenvalue weighted by molar-refractivity contribution is -0.138. The van der Waals surface area contributed by atoms with Crippen molar-refractivity contribution in [2.75, 3.05) is 19.7 Å². The van der Waals surface area contributed by atoms with Crippen molar-refractivity contribution < 1.29 is 24.2 Å². The molecule has 7 nitrogen and oxygen atoms in total. The molecular weight excluding hydrogens is 444 g/mol. The van der Waals surface area contributed by atoms with Gasteiger partial charge in [0.1, 0.15) is 6.61 Å². The minimum atomic E-state index is -0.866. The van der Waals surface area contributed by atoms with Gasteiger partial charge < -0.3 is 20.5 Å². The predicted octanol–water partition coefficient (Wildman–Crippen LogP) is 4.56. The molecule has 1 fully saturated rings. The van der Waals surface area contributed by atoms with E-state index in [1.54, 1.807) is 0 Å². The minimum absolute atomic E-state index is 0.00847. The molecule has 2 amide bonds. The Morgan fingerprint density at radius 3 is 2.26 bits per heavy atom. The van der Waals surface area contributed by atoms with Crippen LogP contribution in [-0.4, -0.2) is 42.8 Å². The first kappa shape index (κ1) is 24.8. The summed E-state index contributed by atoms with van der Waals surface area (Å²) < 4.78 is 5.64. The van der Waals surface area contributed by atoms with Crippen LogP contribution in [-0.2, 0) is 14.3 Å². The van der Waals surface area contributed by atoms with E-state index in [0.29, 0.717) is 13.1 Å². The molecule has 0 spiro atoms. The Labute approximate surface area is 206 Å². The first-order chi connectivity index (χ1) is 16.9. The second-order valence-electron chi connectivity index (χ2n) is 9.81. The van der Waals surface area contributed by atoms with E-state index >= 15 is 0 Å². The molecule has 0 saturated heterocycles. The molecule has 2 aromatic rings. The summed E-state index contributed by atoms with van der Waals surface area (Å²) in [6.45, 7) is 2.80. The van der Waals surface area contributed by atoms with Crippen LogP contribution in [0.15, 0.2) is 48.5 Å². The van der Waals surface area contributed by atoms with Crippen molar-refractivity contribution in [1.29, 1.82) is 0 Å². The lowest BCUT2D eigenvalue weighted by Crippen LogP contribution is -2.43. The number of fused-ring (bicyclic) bond motifs is 3. The number of carboxylic acid groups (broad SMARTS) is 1. The van der Waals surface area contributed by atoms with E-state index in [4.69, 9.17) is 9.84 Å². The second-order valence-corrected chi connectivity index (χ2v) is 9.81. The van der Waals surface area contributed by atoms with Crippen LogP contribution in [0.25, 0.3) is 11.1 Å². The number of alkyl carbamates (subject to hydrolysis) is 1. The summed E-state index contributed by atoms with van der Waals surface area (Å²) in [6.07, 6.45) is 3.20. The van der Waals surface area contributed by atoms with Crippen LogP contribution in [0, 0.1) is 17.8 Å². The number of carboxylic acids is 1. The molecule has 2 aliphatic carbocycles. The Morgan fingerprint density at radius 2 is 1.60 bits per heavy atom. The molecule has 3 atom stereocenters. The fraction of sp³-hybridized carbons (Fsp3) is 0.464. The van der Waals surface area contributed by atoms with Crippen LogP contribution in [0.2, 0.25) is 0 Å². The Hall–Kier alpha value is -3.35. The average Bonchev–Trinajstić information content (AvgIpc) is 3.18. The monoisotopic (exact) mass is 478 g/mol. The molecule has 1 saturated carbocycles. The maximum atomic E-state index is 12.8. The number of rotatable bonds is 9. The maximum Gasteiger partial charge on any atom is 0.407 e. The molecule has 35 heavy (non-hydrogen) atoms. The summed E-state index contributed by atoms with van der Waals surface area (Å²) in [6, 6.07) is 16.4.